The second kappa shape index (κ2) is 8.96. The summed E-state index contributed by atoms with van der Waals surface area (Å²) in [5.74, 6) is -0.671. The highest BCUT2D eigenvalue weighted by Crippen LogP contribution is 2.40. The molecule has 1 N–H and O–H groups in total. The zero-order chi connectivity index (χ0) is 23.9. The SMILES string of the molecule is CNC(=O)c1csc2c(C(F)(F)F)cc(O[C@@H]3CCN(C(=O)O[C@@H](C)C4CC4)C[C@H]3F)nc12. The molecule has 0 bridgehead atoms. The molecule has 2 amide bonds. The predicted octanol–water partition coefficient (Wildman–Crippen LogP) is 4.40. The highest BCUT2D eigenvalue weighted by molar-refractivity contribution is 7.17. The van der Waals surface area contributed by atoms with Gasteiger partial charge in [-0.2, -0.15) is 13.2 Å². The summed E-state index contributed by atoms with van der Waals surface area (Å²) in [5, 5.41) is 3.65. The van der Waals surface area contributed by atoms with Crippen LogP contribution in [-0.4, -0.2) is 60.4 Å². The first-order valence-corrected chi connectivity index (χ1v) is 11.4. The number of likely N-dealkylation sites (tertiary alicyclic amines) is 1. The summed E-state index contributed by atoms with van der Waals surface area (Å²) in [5.41, 5.74) is -1.18. The molecule has 2 fully saturated rings. The Bertz CT molecular complexity index is 1060. The van der Waals surface area contributed by atoms with Crippen LogP contribution in [0.15, 0.2) is 11.4 Å². The number of nitrogens with one attached hydrogen (secondary N) is 1. The Morgan fingerprint density at radius 2 is 2.03 bits per heavy atom. The number of carbonyl (C=O) groups is 2. The van der Waals surface area contributed by atoms with E-state index in [0.717, 1.165) is 30.2 Å². The molecule has 12 heteroatoms. The number of amides is 2. The Kier molecular flexibility index (Phi) is 6.39. The Labute approximate surface area is 191 Å². The van der Waals surface area contributed by atoms with Gasteiger partial charge in [0.15, 0.2) is 6.17 Å². The molecule has 0 radical (unpaired) electrons. The number of rotatable bonds is 5. The van der Waals surface area contributed by atoms with Gasteiger partial charge in [-0.1, -0.05) is 0 Å². The fourth-order valence-electron chi connectivity index (χ4n) is 3.78. The molecular formula is C21H23F4N3O4S. The van der Waals surface area contributed by atoms with Crippen LogP contribution in [0.25, 0.3) is 10.2 Å². The number of piperidine rings is 1. The van der Waals surface area contributed by atoms with E-state index in [1.165, 1.54) is 17.3 Å². The Balaban J connectivity index is 1.51. The molecular weight excluding hydrogens is 466 g/mol. The van der Waals surface area contributed by atoms with Gasteiger partial charge < -0.3 is 19.7 Å². The summed E-state index contributed by atoms with van der Waals surface area (Å²) in [6.45, 7) is 1.64. The van der Waals surface area contributed by atoms with Gasteiger partial charge in [-0.3, -0.25) is 4.79 Å². The van der Waals surface area contributed by atoms with Crippen LogP contribution in [0.1, 0.15) is 42.1 Å². The zero-order valence-corrected chi connectivity index (χ0v) is 18.8. The van der Waals surface area contributed by atoms with Crippen LogP contribution >= 0.6 is 11.3 Å². The minimum Gasteiger partial charge on any atom is -0.471 e. The molecule has 3 heterocycles. The number of aromatic nitrogens is 1. The summed E-state index contributed by atoms with van der Waals surface area (Å²) < 4.78 is 66.4. The van der Waals surface area contributed by atoms with Gasteiger partial charge in [0.25, 0.3) is 5.91 Å². The van der Waals surface area contributed by atoms with Crippen LogP contribution in [-0.2, 0) is 10.9 Å². The van der Waals surface area contributed by atoms with Gasteiger partial charge in [-0.05, 0) is 25.7 Å². The van der Waals surface area contributed by atoms with Gasteiger partial charge in [0.05, 0.1) is 27.9 Å². The van der Waals surface area contributed by atoms with Crippen LogP contribution in [0, 0.1) is 5.92 Å². The number of fused-ring (bicyclic) bond motifs is 1. The number of hydrogen-bond acceptors (Lipinski definition) is 6. The summed E-state index contributed by atoms with van der Waals surface area (Å²) in [6.07, 6.45) is -6.24. The number of carbonyl (C=O) groups excluding carboxylic acids is 2. The van der Waals surface area contributed by atoms with Gasteiger partial charge in [-0.25, -0.2) is 14.2 Å². The summed E-state index contributed by atoms with van der Waals surface area (Å²) in [6, 6.07) is 0.719. The molecule has 3 atom stereocenters. The highest BCUT2D eigenvalue weighted by Gasteiger charge is 2.39. The number of nitrogens with zero attached hydrogens (tertiary/aromatic N) is 2. The smallest absolute Gasteiger partial charge is 0.418 e. The molecule has 1 saturated heterocycles. The lowest BCUT2D eigenvalue weighted by molar-refractivity contribution is -0.136. The predicted molar refractivity (Wildman–Crippen MR) is 112 cm³/mol. The standard InChI is InChI=1S/C21H23F4N3O4S/c1-10(11-3-4-11)31-20(30)28-6-5-15(14(22)8-28)32-16-7-13(21(23,24)25)18-17(27-16)12(9-33-18)19(29)26-2/h7,9-11,14-15H,3-6,8H2,1-2H3,(H,26,29)/t10-,14+,15+/m0/s1. The quantitative estimate of drug-likeness (QED) is 0.630. The van der Waals surface area contributed by atoms with E-state index in [1.54, 1.807) is 6.92 Å². The maximum Gasteiger partial charge on any atom is 0.418 e. The lowest BCUT2D eigenvalue weighted by atomic mass is 10.1. The lowest BCUT2D eigenvalue weighted by Crippen LogP contribution is -2.50. The van der Waals surface area contributed by atoms with Gasteiger partial charge in [0.1, 0.15) is 12.2 Å². The molecule has 1 aliphatic heterocycles. The molecule has 2 aliphatic rings. The van der Waals surface area contributed by atoms with Crippen LogP contribution in [0.5, 0.6) is 5.88 Å². The molecule has 33 heavy (non-hydrogen) atoms. The monoisotopic (exact) mass is 489 g/mol. The van der Waals surface area contributed by atoms with Crippen molar-refractivity contribution in [3.05, 3.63) is 22.6 Å². The molecule has 0 unspecified atom stereocenters. The Hall–Kier alpha value is -2.63. The number of pyridine rings is 1. The van der Waals surface area contributed by atoms with E-state index in [4.69, 9.17) is 9.47 Å². The lowest BCUT2D eigenvalue weighted by Gasteiger charge is -2.34. The first-order chi connectivity index (χ1) is 15.6. The van der Waals surface area contributed by atoms with Crippen molar-refractivity contribution in [3.8, 4) is 5.88 Å². The molecule has 0 spiro atoms. The average molecular weight is 489 g/mol. The maximum absolute atomic E-state index is 14.8. The van der Waals surface area contributed by atoms with Crippen molar-refractivity contribution in [2.75, 3.05) is 20.1 Å². The zero-order valence-electron chi connectivity index (χ0n) is 17.9. The van der Waals surface area contributed by atoms with Crippen molar-refractivity contribution < 1.29 is 36.6 Å². The number of halogens is 4. The van der Waals surface area contributed by atoms with Crippen molar-refractivity contribution in [2.24, 2.45) is 5.92 Å². The third-order valence-corrected chi connectivity index (χ3v) is 6.86. The minimum atomic E-state index is -4.72. The van der Waals surface area contributed by atoms with Crippen molar-refractivity contribution in [2.45, 2.75) is 50.7 Å². The fraction of sp³-hybridized carbons (Fsp3) is 0.571. The van der Waals surface area contributed by atoms with Gasteiger partial charge in [-0.15, -0.1) is 11.3 Å². The largest absolute Gasteiger partial charge is 0.471 e. The molecule has 2 aromatic heterocycles. The van der Waals surface area contributed by atoms with Crippen molar-refractivity contribution in [1.29, 1.82) is 0 Å². The first-order valence-electron chi connectivity index (χ1n) is 10.6. The topological polar surface area (TPSA) is 80.8 Å². The summed E-state index contributed by atoms with van der Waals surface area (Å²) in [7, 11) is 1.36. The van der Waals surface area contributed by atoms with Crippen LogP contribution in [0.2, 0.25) is 0 Å². The van der Waals surface area contributed by atoms with Crippen LogP contribution in [0.4, 0.5) is 22.4 Å². The van der Waals surface area contributed by atoms with Gasteiger partial charge >= 0.3 is 12.3 Å². The Morgan fingerprint density at radius 3 is 2.64 bits per heavy atom. The molecule has 0 aromatic carbocycles. The Morgan fingerprint density at radius 1 is 1.30 bits per heavy atom. The van der Waals surface area contributed by atoms with E-state index in [1.807, 2.05) is 0 Å². The van der Waals surface area contributed by atoms with E-state index in [-0.39, 0.29) is 41.4 Å². The molecule has 1 saturated carbocycles. The highest BCUT2D eigenvalue weighted by atomic mass is 32.1. The number of alkyl halides is 4. The number of ether oxygens (including phenoxy) is 2. The van der Waals surface area contributed by atoms with Crippen LogP contribution in [0.3, 0.4) is 0 Å². The molecule has 7 nitrogen and oxygen atoms in total. The van der Waals surface area contributed by atoms with Crippen molar-refractivity contribution in [3.63, 3.8) is 0 Å². The average Bonchev–Trinajstić information content (AvgIpc) is 3.53. The normalized spacial score (nSPS) is 22.2. The van der Waals surface area contributed by atoms with Crippen molar-refractivity contribution in [1.82, 2.24) is 15.2 Å². The second-order valence-corrected chi connectivity index (χ2v) is 9.12. The van der Waals surface area contributed by atoms with E-state index < -0.39 is 41.9 Å². The first kappa shape index (κ1) is 23.5. The van der Waals surface area contributed by atoms with E-state index >= 15 is 0 Å². The number of hydrogen-bond donors (Lipinski definition) is 1. The van der Waals surface area contributed by atoms with E-state index in [2.05, 4.69) is 10.3 Å². The maximum atomic E-state index is 14.8. The molecule has 180 valence electrons. The van der Waals surface area contributed by atoms with E-state index in [0.29, 0.717) is 5.92 Å². The summed E-state index contributed by atoms with van der Waals surface area (Å²) >= 11 is 0.750. The molecule has 4 rings (SSSR count). The van der Waals surface area contributed by atoms with Gasteiger partial charge in [0.2, 0.25) is 5.88 Å². The third kappa shape index (κ3) is 4.99. The second-order valence-electron chi connectivity index (χ2n) is 8.25. The van der Waals surface area contributed by atoms with Gasteiger partial charge in [0, 0.05) is 31.5 Å². The minimum absolute atomic E-state index is 0.0207. The molecule has 1 aliphatic carbocycles. The van der Waals surface area contributed by atoms with Crippen molar-refractivity contribution >= 4 is 33.6 Å². The van der Waals surface area contributed by atoms with Crippen LogP contribution < -0.4 is 10.1 Å². The third-order valence-electron chi connectivity index (χ3n) is 5.86. The van der Waals surface area contributed by atoms with E-state index in [9.17, 15) is 27.2 Å². The number of thiophene rings is 1. The molecule has 2 aromatic rings. The summed E-state index contributed by atoms with van der Waals surface area (Å²) in [4.78, 5) is 29.6. The fourth-order valence-corrected chi connectivity index (χ4v) is 4.81.